The molecule has 0 spiro atoms. The second-order valence-corrected chi connectivity index (χ2v) is 8.52. The number of fused-ring (bicyclic) bond motifs is 3. The molecule has 1 aromatic heterocycles. The molecule has 0 saturated heterocycles. The zero-order chi connectivity index (χ0) is 23.1. The summed E-state index contributed by atoms with van der Waals surface area (Å²) in [6.07, 6.45) is 4.10. The number of aromatic hydroxyl groups is 1. The lowest BCUT2D eigenvalue weighted by Gasteiger charge is -2.30. The second kappa shape index (κ2) is 8.21. The molecular weight excluding hydrogens is 400 g/mol. The first-order valence-electron chi connectivity index (χ1n) is 10.4. The van der Waals surface area contributed by atoms with Crippen LogP contribution >= 0.6 is 0 Å². The van der Waals surface area contributed by atoms with Crippen LogP contribution in [0.4, 0.5) is 0 Å². The minimum absolute atomic E-state index is 0.00910. The fourth-order valence-electron chi connectivity index (χ4n) is 3.79. The maximum Gasteiger partial charge on any atom is 0.336 e. The molecule has 2 aromatic rings. The molecule has 1 aliphatic heterocycles. The number of carbonyl (C=O) groups is 2. The summed E-state index contributed by atoms with van der Waals surface area (Å²) in [7, 11) is 0. The number of carbonyl (C=O) groups excluding carboxylic acids is 2. The van der Waals surface area contributed by atoms with Crippen LogP contribution in [-0.4, -0.2) is 28.6 Å². The van der Waals surface area contributed by atoms with Gasteiger partial charge < -0.3 is 19.0 Å². The quantitative estimate of drug-likeness (QED) is 0.413. The summed E-state index contributed by atoms with van der Waals surface area (Å²) in [5, 5.41) is 11.6. The van der Waals surface area contributed by atoms with Crippen molar-refractivity contribution in [2.24, 2.45) is 5.92 Å². The van der Waals surface area contributed by atoms with Crippen LogP contribution in [0.15, 0.2) is 21.4 Å². The van der Waals surface area contributed by atoms with Crippen molar-refractivity contribution in [2.75, 3.05) is 0 Å². The Balaban J connectivity index is 2.35. The topological polar surface area (TPSA) is 103 Å². The third-order valence-corrected chi connectivity index (χ3v) is 5.49. The Labute approximate surface area is 180 Å². The summed E-state index contributed by atoms with van der Waals surface area (Å²) < 4.78 is 16.8. The van der Waals surface area contributed by atoms with Crippen molar-refractivity contribution >= 4 is 28.8 Å². The Morgan fingerprint density at radius 1 is 1.26 bits per heavy atom. The van der Waals surface area contributed by atoms with Gasteiger partial charge in [-0.15, -0.1) is 0 Å². The van der Waals surface area contributed by atoms with Crippen molar-refractivity contribution in [3.63, 3.8) is 0 Å². The van der Waals surface area contributed by atoms with Crippen LogP contribution in [0.2, 0.25) is 0 Å². The highest BCUT2D eigenvalue weighted by Crippen LogP contribution is 2.46. The normalized spacial score (nSPS) is 16.3. The number of aryl methyl sites for hydroxylation is 1. The van der Waals surface area contributed by atoms with Gasteiger partial charge in [0, 0.05) is 13.0 Å². The van der Waals surface area contributed by atoms with Crippen LogP contribution in [0.3, 0.4) is 0 Å². The summed E-state index contributed by atoms with van der Waals surface area (Å²) in [4.78, 5) is 37.1. The molecule has 7 nitrogen and oxygen atoms in total. The van der Waals surface area contributed by atoms with Crippen LogP contribution in [0, 0.1) is 5.92 Å². The van der Waals surface area contributed by atoms with Gasteiger partial charge in [-0.05, 0) is 44.9 Å². The first-order valence-corrected chi connectivity index (χ1v) is 10.4. The Kier molecular flexibility index (Phi) is 5.98. The molecule has 3 rings (SSSR count). The van der Waals surface area contributed by atoms with Crippen LogP contribution in [0.1, 0.15) is 69.4 Å². The summed E-state index contributed by atoms with van der Waals surface area (Å²) in [5.74, 6) is -1.72. The van der Waals surface area contributed by atoms with Gasteiger partial charge in [0.05, 0.1) is 16.9 Å². The predicted octanol–water partition coefficient (Wildman–Crippen LogP) is 4.41. The first-order chi connectivity index (χ1) is 14.5. The van der Waals surface area contributed by atoms with Crippen LogP contribution in [-0.2, 0) is 16.0 Å². The highest BCUT2D eigenvalue weighted by molar-refractivity contribution is 6.13. The monoisotopic (exact) mass is 428 g/mol. The molecule has 2 atom stereocenters. The number of esters is 1. The number of phenols is 1. The summed E-state index contributed by atoms with van der Waals surface area (Å²) >= 11 is 0. The van der Waals surface area contributed by atoms with Gasteiger partial charge in [-0.2, -0.15) is 0 Å². The van der Waals surface area contributed by atoms with Crippen molar-refractivity contribution in [3.8, 4) is 11.5 Å². The lowest BCUT2D eigenvalue weighted by Crippen LogP contribution is -2.29. The zero-order valence-electron chi connectivity index (χ0n) is 18.7. The largest absolute Gasteiger partial charge is 0.506 e. The minimum atomic E-state index is -0.777. The smallest absolute Gasteiger partial charge is 0.336 e. The standard InChI is InChI=1S/C24H28O7/c1-7-8-15-11-17(26)30-23-18(15)22-16(9-10-24(5,6)31-22)21(28)19(23)20(27)12(2)13(3)29-14(4)25/h9-13,28H,7-8H2,1-6H3/t12-,13+/m1/s1. The molecule has 1 aliphatic rings. The van der Waals surface area contributed by atoms with Crippen LogP contribution < -0.4 is 10.4 Å². The van der Waals surface area contributed by atoms with Crippen LogP contribution in [0.5, 0.6) is 11.5 Å². The van der Waals surface area contributed by atoms with Crippen LogP contribution in [0.25, 0.3) is 17.0 Å². The van der Waals surface area contributed by atoms with Crippen molar-refractivity contribution in [3.05, 3.63) is 39.3 Å². The van der Waals surface area contributed by atoms with Gasteiger partial charge in [-0.3, -0.25) is 9.59 Å². The van der Waals surface area contributed by atoms with Gasteiger partial charge in [0.2, 0.25) is 0 Å². The van der Waals surface area contributed by atoms with Gasteiger partial charge in [-0.25, -0.2) is 4.79 Å². The van der Waals surface area contributed by atoms with E-state index in [1.165, 1.54) is 13.0 Å². The summed E-state index contributed by atoms with van der Waals surface area (Å²) in [5.41, 5.74) is -0.335. The van der Waals surface area contributed by atoms with Crippen molar-refractivity contribution in [1.82, 2.24) is 0 Å². The number of Topliss-reactive ketones (excluding diaryl/α,β-unsaturated/α-hetero) is 1. The Morgan fingerprint density at radius 2 is 1.94 bits per heavy atom. The molecule has 0 unspecified atom stereocenters. The lowest BCUT2D eigenvalue weighted by molar-refractivity contribution is -0.146. The maximum absolute atomic E-state index is 13.4. The van der Waals surface area contributed by atoms with E-state index in [0.29, 0.717) is 28.7 Å². The molecule has 7 heteroatoms. The van der Waals surface area contributed by atoms with Crippen molar-refractivity contribution < 1.29 is 28.6 Å². The molecule has 0 bridgehead atoms. The molecule has 1 aromatic carbocycles. The number of hydrogen-bond acceptors (Lipinski definition) is 7. The van der Waals surface area contributed by atoms with Gasteiger partial charge in [-0.1, -0.05) is 20.3 Å². The minimum Gasteiger partial charge on any atom is -0.506 e. The predicted molar refractivity (Wildman–Crippen MR) is 117 cm³/mol. The molecule has 0 aliphatic carbocycles. The molecule has 166 valence electrons. The van der Waals surface area contributed by atoms with E-state index in [1.54, 1.807) is 26.0 Å². The number of benzene rings is 1. The van der Waals surface area contributed by atoms with E-state index >= 15 is 0 Å². The summed E-state index contributed by atoms with van der Waals surface area (Å²) in [6, 6.07) is 1.40. The Hall–Kier alpha value is -3.09. The first kappa shape index (κ1) is 22.6. The number of hydrogen-bond donors (Lipinski definition) is 1. The molecule has 2 heterocycles. The van der Waals surface area contributed by atoms with Gasteiger partial charge in [0.1, 0.15) is 28.8 Å². The number of rotatable bonds is 6. The van der Waals surface area contributed by atoms with E-state index in [0.717, 1.165) is 6.42 Å². The number of ketones is 1. The van der Waals surface area contributed by atoms with E-state index in [1.807, 2.05) is 20.8 Å². The lowest BCUT2D eigenvalue weighted by atomic mass is 9.88. The molecular formula is C24H28O7. The molecule has 31 heavy (non-hydrogen) atoms. The van der Waals surface area contributed by atoms with E-state index < -0.39 is 35.0 Å². The molecule has 0 saturated carbocycles. The van der Waals surface area contributed by atoms with Crippen molar-refractivity contribution in [2.45, 2.75) is 66.1 Å². The number of phenolic OH excluding ortho intramolecular Hbond substituents is 1. The summed E-state index contributed by atoms with van der Waals surface area (Å²) in [6.45, 7) is 10.2. The average molecular weight is 428 g/mol. The maximum atomic E-state index is 13.4. The third-order valence-electron chi connectivity index (χ3n) is 5.49. The highest BCUT2D eigenvalue weighted by Gasteiger charge is 2.35. The van der Waals surface area contributed by atoms with E-state index in [9.17, 15) is 19.5 Å². The fraction of sp³-hybridized carbons (Fsp3) is 0.458. The zero-order valence-corrected chi connectivity index (χ0v) is 18.7. The van der Waals surface area contributed by atoms with Gasteiger partial charge in [0.15, 0.2) is 11.4 Å². The second-order valence-electron chi connectivity index (χ2n) is 8.52. The Morgan fingerprint density at radius 3 is 2.55 bits per heavy atom. The SMILES string of the molecule is CCCc1cc(=O)oc2c(C(=O)[C@H](C)[C@H](C)OC(C)=O)c(O)c3c(c12)OC(C)(C)C=C3. The average Bonchev–Trinajstić information content (AvgIpc) is 2.65. The fourth-order valence-corrected chi connectivity index (χ4v) is 3.79. The molecule has 0 fully saturated rings. The molecule has 0 amide bonds. The number of ether oxygens (including phenoxy) is 2. The molecule has 1 N–H and O–H groups in total. The van der Waals surface area contributed by atoms with E-state index in [-0.39, 0.29) is 16.9 Å². The highest BCUT2D eigenvalue weighted by atomic mass is 16.5. The molecule has 0 radical (unpaired) electrons. The van der Waals surface area contributed by atoms with Crippen molar-refractivity contribution in [1.29, 1.82) is 0 Å². The Bertz CT molecular complexity index is 1140. The van der Waals surface area contributed by atoms with Gasteiger partial charge >= 0.3 is 11.6 Å². The van der Waals surface area contributed by atoms with E-state index in [2.05, 4.69) is 0 Å². The van der Waals surface area contributed by atoms with E-state index in [4.69, 9.17) is 13.9 Å². The van der Waals surface area contributed by atoms with Gasteiger partial charge in [0.25, 0.3) is 0 Å². The third kappa shape index (κ3) is 4.22.